The highest BCUT2D eigenvalue weighted by atomic mass is 32.2. The molecule has 1 unspecified atom stereocenters. The number of benzene rings is 1. The van der Waals surface area contributed by atoms with Gasteiger partial charge < -0.3 is 10.0 Å². The lowest BCUT2D eigenvalue weighted by Crippen LogP contribution is -2.37. The van der Waals surface area contributed by atoms with E-state index in [2.05, 4.69) is 0 Å². The zero-order chi connectivity index (χ0) is 18.2. The van der Waals surface area contributed by atoms with Crippen LogP contribution in [-0.4, -0.2) is 56.7 Å². The zero-order valence-corrected chi connectivity index (χ0v) is 14.2. The molecule has 7 nitrogen and oxygen atoms in total. The minimum atomic E-state index is -4.20. The van der Waals surface area contributed by atoms with E-state index in [-0.39, 0.29) is 0 Å². The van der Waals surface area contributed by atoms with Crippen molar-refractivity contribution in [2.24, 2.45) is 0 Å². The first kappa shape index (κ1) is 17.9. The Labute approximate surface area is 144 Å². The van der Waals surface area contributed by atoms with Crippen LogP contribution in [0.2, 0.25) is 0 Å². The van der Waals surface area contributed by atoms with E-state index in [0.29, 0.717) is 35.8 Å². The summed E-state index contributed by atoms with van der Waals surface area (Å²) in [6, 6.07) is 2.40. The molecule has 0 aliphatic carbocycles. The van der Waals surface area contributed by atoms with Crippen LogP contribution >= 0.6 is 0 Å². The van der Waals surface area contributed by atoms with E-state index in [1.165, 1.54) is 6.07 Å². The Morgan fingerprint density at radius 2 is 2.12 bits per heavy atom. The van der Waals surface area contributed by atoms with Crippen LogP contribution in [0.4, 0.5) is 14.5 Å². The fourth-order valence-corrected chi connectivity index (χ4v) is 4.34. The van der Waals surface area contributed by atoms with Crippen molar-refractivity contribution in [3.63, 3.8) is 0 Å². The third-order valence-corrected chi connectivity index (χ3v) is 5.71. The molecule has 1 amide bonds. The predicted molar refractivity (Wildman–Crippen MR) is 86.7 cm³/mol. The number of rotatable bonds is 4. The Kier molecular flexibility index (Phi) is 4.83. The number of nitrogens with one attached hydrogen (secondary N) is 1. The minimum absolute atomic E-state index is 0.340. The van der Waals surface area contributed by atoms with E-state index < -0.39 is 46.1 Å². The summed E-state index contributed by atoms with van der Waals surface area (Å²) in [5.41, 5.74) is -0.0838. The summed E-state index contributed by atoms with van der Waals surface area (Å²) >= 11 is 0. The highest BCUT2D eigenvalue weighted by molar-refractivity contribution is 7.92. The number of halogens is 2. The molecule has 2 aliphatic heterocycles. The molecule has 3 rings (SSSR count). The average Bonchev–Trinajstić information content (AvgIpc) is 2.77. The lowest BCUT2D eigenvalue weighted by molar-refractivity contribution is -0.117. The number of amides is 1. The van der Waals surface area contributed by atoms with Gasteiger partial charge in [-0.05, 0) is 43.5 Å². The smallest absolute Gasteiger partial charge is 0.326 e. The zero-order valence-electron chi connectivity index (χ0n) is 13.4. The van der Waals surface area contributed by atoms with Gasteiger partial charge in [-0.2, -0.15) is 8.42 Å². The second kappa shape index (κ2) is 6.75. The number of nitrogens with zero attached hydrogens (tertiary/aromatic N) is 2. The third-order valence-electron chi connectivity index (χ3n) is 4.34. The monoisotopic (exact) mass is 375 g/mol. The molecule has 0 saturated carbocycles. The Morgan fingerprint density at radius 1 is 1.36 bits per heavy atom. The summed E-state index contributed by atoms with van der Waals surface area (Å²) in [6.45, 7) is 1.04. The number of carbonyl (C=O) groups is 1. The number of aromatic hydroxyl groups is 1. The Hall–Kier alpha value is -1.94. The van der Waals surface area contributed by atoms with E-state index in [4.69, 9.17) is 0 Å². The van der Waals surface area contributed by atoms with Gasteiger partial charge in [0.2, 0.25) is 0 Å². The van der Waals surface area contributed by atoms with Gasteiger partial charge in [-0.3, -0.25) is 4.79 Å². The molecule has 1 aromatic carbocycles. The molecule has 25 heavy (non-hydrogen) atoms. The maximum atomic E-state index is 14.4. The highest BCUT2D eigenvalue weighted by Crippen LogP contribution is 2.34. The van der Waals surface area contributed by atoms with Crippen molar-refractivity contribution in [1.29, 1.82) is 0 Å². The summed E-state index contributed by atoms with van der Waals surface area (Å²) in [5.74, 6) is -2.29. The first-order valence-corrected chi connectivity index (χ1v) is 9.41. The fraction of sp³-hybridized carbons (Fsp3) is 0.533. The van der Waals surface area contributed by atoms with Gasteiger partial charge in [0.05, 0.1) is 0 Å². The summed E-state index contributed by atoms with van der Waals surface area (Å²) < 4.78 is 53.6. The second-order valence-electron chi connectivity index (χ2n) is 6.27. The Morgan fingerprint density at radius 3 is 2.72 bits per heavy atom. The maximum Gasteiger partial charge on any atom is 0.326 e. The van der Waals surface area contributed by atoms with Gasteiger partial charge in [-0.25, -0.2) is 17.8 Å². The van der Waals surface area contributed by atoms with E-state index >= 15 is 0 Å². The molecule has 0 bridgehead atoms. The average molecular weight is 375 g/mol. The predicted octanol–water partition coefficient (Wildman–Crippen LogP) is 0.689. The third kappa shape index (κ3) is 3.84. The van der Waals surface area contributed by atoms with E-state index in [0.717, 1.165) is 19.0 Å². The van der Waals surface area contributed by atoms with Crippen molar-refractivity contribution in [1.82, 2.24) is 9.62 Å². The molecule has 2 aliphatic rings. The number of piperidine rings is 1. The van der Waals surface area contributed by atoms with Gasteiger partial charge in [0, 0.05) is 13.1 Å². The molecule has 2 N–H and O–H groups in total. The van der Waals surface area contributed by atoms with Crippen LogP contribution in [0.1, 0.15) is 18.4 Å². The van der Waals surface area contributed by atoms with Crippen molar-refractivity contribution >= 4 is 21.8 Å². The number of carbonyl (C=O) groups excluding carboxylic acids is 1. The molecule has 0 radical (unpaired) electrons. The van der Waals surface area contributed by atoms with Crippen molar-refractivity contribution in [2.75, 3.05) is 30.5 Å². The molecule has 2 heterocycles. The summed E-state index contributed by atoms with van der Waals surface area (Å²) in [6.07, 6.45) is 0.860. The summed E-state index contributed by atoms with van der Waals surface area (Å²) in [4.78, 5) is 13.2. The number of hydrogen-bond donors (Lipinski definition) is 2. The van der Waals surface area contributed by atoms with Gasteiger partial charge in [-0.1, -0.05) is 0 Å². The molecule has 0 aromatic heterocycles. The number of phenolic OH excluding ortho intramolecular Hbond substituents is 1. The summed E-state index contributed by atoms with van der Waals surface area (Å²) in [7, 11) is -4.20. The van der Waals surface area contributed by atoms with Crippen molar-refractivity contribution in [3.8, 4) is 5.75 Å². The number of anilines is 1. The van der Waals surface area contributed by atoms with Gasteiger partial charge in [0.15, 0.2) is 5.82 Å². The van der Waals surface area contributed by atoms with E-state index in [1.54, 1.807) is 4.72 Å². The van der Waals surface area contributed by atoms with Gasteiger partial charge in [0.25, 0.3) is 5.91 Å². The van der Waals surface area contributed by atoms with Gasteiger partial charge in [-0.15, -0.1) is 0 Å². The number of alkyl halides is 1. The molecule has 2 fully saturated rings. The van der Waals surface area contributed by atoms with Gasteiger partial charge >= 0.3 is 10.2 Å². The van der Waals surface area contributed by atoms with Crippen LogP contribution in [0.3, 0.4) is 0 Å². The SMILES string of the molecule is O=C1CN(c2c(O)cc(CCN3CCCC(F)C3)cc2F)S(=O)(=O)N1. The molecular formula is C15H19F2N3O4S. The molecule has 1 aromatic rings. The molecule has 10 heteroatoms. The molecular weight excluding hydrogens is 356 g/mol. The molecule has 0 spiro atoms. The lowest BCUT2D eigenvalue weighted by atomic mass is 10.1. The van der Waals surface area contributed by atoms with Crippen LogP contribution < -0.4 is 9.03 Å². The van der Waals surface area contributed by atoms with Crippen molar-refractivity contribution in [2.45, 2.75) is 25.4 Å². The first-order chi connectivity index (χ1) is 11.8. The Balaban J connectivity index is 1.75. The first-order valence-electron chi connectivity index (χ1n) is 7.97. The maximum absolute atomic E-state index is 14.4. The fourth-order valence-electron chi connectivity index (χ4n) is 3.17. The normalized spacial score (nSPS) is 23.7. The van der Waals surface area contributed by atoms with Crippen molar-refractivity contribution < 1.29 is 27.1 Å². The molecule has 1 atom stereocenters. The standard InChI is InChI=1S/C15H19F2N3O4S/c16-11-2-1-4-19(8-11)5-3-10-6-12(17)15(13(21)7-10)20-9-14(22)18-25(20,23)24/h6-7,11,21H,1-5,8-9H2,(H,18,22). The topological polar surface area (TPSA) is 90.0 Å². The summed E-state index contributed by atoms with van der Waals surface area (Å²) in [5, 5.41) is 10.1. The van der Waals surface area contributed by atoms with Gasteiger partial charge in [0.1, 0.15) is 24.2 Å². The number of hydrogen-bond acceptors (Lipinski definition) is 5. The van der Waals surface area contributed by atoms with Crippen LogP contribution in [0.25, 0.3) is 0 Å². The van der Waals surface area contributed by atoms with E-state index in [9.17, 15) is 27.1 Å². The van der Waals surface area contributed by atoms with Crippen LogP contribution in [0, 0.1) is 5.82 Å². The number of likely N-dealkylation sites (tertiary alicyclic amines) is 1. The Bertz CT molecular complexity index is 764. The van der Waals surface area contributed by atoms with E-state index in [1.807, 2.05) is 4.90 Å². The molecule has 138 valence electrons. The second-order valence-corrected chi connectivity index (χ2v) is 7.87. The lowest BCUT2D eigenvalue weighted by Gasteiger charge is -2.28. The largest absolute Gasteiger partial charge is 0.506 e. The quantitative estimate of drug-likeness (QED) is 0.808. The van der Waals surface area contributed by atoms with Crippen molar-refractivity contribution in [3.05, 3.63) is 23.5 Å². The minimum Gasteiger partial charge on any atom is -0.506 e. The number of phenols is 1. The highest BCUT2D eigenvalue weighted by Gasteiger charge is 2.37. The molecule has 2 saturated heterocycles. The van der Waals surface area contributed by atoms with Crippen LogP contribution in [-0.2, 0) is 21.4 Å². The van der Waals surface area contributed by atoms with Crippen LogP contribution in [0.15, 0.2) is 12.1 Å². The van der Waals surface area contributed by atoms with Crippen LogP contribution in [0.5, 0.6) is 5.75 Å².